The van der Waals surface area contributed by atoms with E-state index >= 15 is 0 Å². The van der Waals surface area contributed by atoms with Crippen molar-refractivity contribution in [2.75, 3.05) is 0 Å². The highest BCUT2D eigenvalue weighted by atomic mass is 16.6. The second-order valence-corrected chi connectivity index (χ2v) is 24.4. The van der Waals surface area contributed by atoms with E-state index in [0.29, 0.717) is 64.6 Å². The van der Waals surface area contributed by atoms with Crippen molar-refractivity contribution < 1.29 is 59.3 Å². The Hall–Kier alpha value is -4.78. The summed E-state index contributed by atoms with van der Waals surface area (Å²) < 4.78 is 11.3. The van der Waals surface area contributed by atoms with Gasteiger partial charge in [-0.3, -0.25) is 19.2 Å². The first-order valence-corrected chi connectivity index (χ1v) is 27.3. The molecule has 3 aromatic carbocycles. The second kappa shape index (κ2) is 19.8. The van der Waals surface area contributed by atoms with Gasteiger partial charge in [-0.2, -0.15) is 0 Å². The summed E-state index contributed by atoms with van der Waals surface area (Å²) in [5.41, 5.74) is 8.34. The second-order valence-electron chi connectivity index (χ2n) is 24.4. The maximum Gasteiger partial charge on any atom is 0.322 e. The lowest BCUT2D eigenvalue weighted by atomic mass is 9.55. The molecule has 0 bridgehead atoms. The third-order valence-electron chi connectivity index (χ3n) is 21.0. The van der Waals surface area contributed by atoms with Crippen LogP contribution >= 0.6 is 0 Å². The number of rotatable bonds is 6. The summed E-state index contributed by atoms with van der Waals surface area (Å²) in [6.45, 7) is 6.91. The maximum absolute atomic E-state index is 12.8. The van der Waals surface area contributed by atoms with Crippen molar-refractivity contribution in [3.8, 4) is 17.2 Å². The summed E-state index contributed by atoms with van der Waals surface area (Å²) in [5.74, 6) is 3.04. The van der Waals surface area contributed by atoms with Gasteiger partial charge in [-0.15, -0.1) is 0 Å². The Kier molecular flexibility index (Phi) is 14.0. The Morgan fingerprint density at radius 1 is 0.472 bits per heavy atom. The van der Waals surface area contributed by atoms with Crippen LogP contribution in [0.25, 0.3) is 0 Å². The lowest BCUT2D eigenvalue weighted by Gasteiger charge is -2.50. The largest absolute Gasteiger partial charge is 0.508 e. The van der Waals surface area contributed by atoms with E-state index in [9.17, 15) is 39.6 Å². The van der Waals surface area contributed by atoms with Gasteiger partial charge in [0.1, 0.15) is 30.1 Å². The lowest BCUT2D eigenvalue weighted by molar-refractivity contribution is -0.148. The zero-order chi connectivity index (χ0) is 50.9. The van der Waals surface area contributed by atoms with Gasteiger partial charge in [-0.25, -0.2) is 0 Å². The number of benzene rings is 3. The molecule has 0 spiro atoms. The summed E-state index contributed by atoms with van der Waals surface area (Å²) >= 11 is 0. The highest BCUT2D eigenvalue weighted by Crippen LogP contribution is 2.64. The number of aliphatic carboxylic acids is 2. The summed E-state index contributed by atoms with van der Waals surface area (Å²) in [5, 5.41) is 56.8. The molecular weight excluding hydrogens is 913 g/mol. The van der Waals surface area contributed by atoms with Crippen molar-refractivity contribution in [3.63, 3.8) is 0 Å². The van der Waals surface area contributed by atoms with Crippen LogP contribution < -0.4 is 9.47 Å². The summed E-state index contributed by atoms with van der Waals surface area (Å²) in [4.78, 5) is 44.4. The number of hydrogen-bond donors (Lipinski definition) is 6. The van der Waals surface area contributed by atoms with Crippen molar-refractivity contribution >= 4 is 23.9 Å². The fraction of sp³-hybridized carbons (Fsp3) is 0.633. The van der Waals surface area contributed by atoms with Gasteiger partial charge in [0, 0.05) is 0 Å². The molecule has 0 aromatic heterocycles. The third-order valence-corrected chi connectivity index (χ3v) is 21.0. The van der Waals surface area contributed by atoms with Crippen LogP contribution in [0, 0.1) is 51.8 Å². The average Bonchev–Trinajstić information content (AvgIpc) is 3.95. The molecule has 12 heteroatoms. The standard InChI is InChI=1S/C39H48O6.C18H24O2.C3H4O4/c1-38-17-15-28-26-9-5-24(19-22(26)3-7-30(28)32(38)11-13-34(38)40)44-36(42)21-37(43)45-25-6-10-27-23(20-25)4-8-31-29(27)16-18-39(2)33(31)12-14-35(39)41;1-18-9-8-14-13-5-3-12(19)10-11(13)2-4-15(14)16(18)6-7-17(18)20;4-2(5)1-3(6)7/h5-6,9-10,19-20,28-35,40-41H,3-4,7-8,11-18,21H2,1-2H3;3,5,10,14-17,19-20H,2,4,6-9H2,1H3;1H2,(H,4,5)(H,6,7)/t28?,29?,30?,31?,32?,33?,34-,35-,38-,39-;14?,15?,16?,17-,18-;/m00./s1. The van der Waals surface area contributed by atoms with Crippen LogP contribution in [0.3, 0.4) is 0 Å². The van der Waals surface area contributed by atoms with Gasteiger partial charge in [0.05, 0.1) is 18.3 Å². The number of fused-ring (bicyclic) bond motifs is 15. The van der Waals surface area contributed by atoms with E-state index in [2.05, 4.69) is 39.0 Å². The van der Waals surface area contributed by atoms with Gasteiger partial charge < -0.3 is 40.1 Å². The predicted molar refractivity (Wildman–Crippen MR) is 269 cm³/mol. The minimum absolute atomic E-state index is 0.0589. The number of esters is 2. The summed E-state index contributed by atoms with van der Waals surface area (Å²) in [7, 11) is 0. The molecule has 0 aliphatic heterocycles. The molecule has 6 N–H and O–H groups in total. The maximum atomic E-state index is 12.8. The van der Waals surface area contributed by atoms with Gasteiger partial charge in [0.15, 0.2) is 0 Å². The van der Waals surface area contributed by atoms with Crippen LogP contribution in [0.2, 0.25) is 0 Å². The first kappa shape index (κ1) is 50.7. The fourth-order valence-corrected chi connectivity index (χ4v) is 17.3. The van der Waals surface area contributed by atoms with Gasteiger partial charge in [-0.05, 0) is 255 Å². The lowest BCUT2D eigenvalue weighted by Crippen LogP contribution is -2.43. The Morgan fingerprint density at radius 3 is 1.17 bits per heavy atom. The molecular formula is C60H76O12. The molecule has 9 aliphatic rings. The van der Waals surface area contributed by atoms with Gasteiger partial charge in [0.25, 0.3) is 0 Å². The highest BCUT2D eigenvalue weighted by Gasteiger charge is 2.57. The molecule has 72 heavy (non-hydrogen) atoms. The van der Waals surface area contributed by atoms with Crippen LogP contribution in [0.4, 0.5) is 0 Å². The Morgan fingerprint density at radius 2 is 0.819 bits per heavy atom. The molecule has 6 saturated carbocycles. The summed E-state index contributed by atoms with van der Waals surface area (Å²) in [6, 6.07) is 17.9. The highest BCUT2D eigenvalue weighted by molar-refractivity contribution is 5.93. The van der Waals surface area contributed by atoms with E-state index < -0.39 is 36.7 Å². The predicted octanol–water partition coefficient (Wildman–Crippen LogP) is 10.2. The van der Waals surface area contributed by atoms with E-state index in [1.807, 2.05) is 36.4 Å². The zero-order valence-corrected chi connectivity index (χ0v) is 42.4. The zero-order valence-electron chi connectivity index (χ0n) is 42.4. The number of hydrogen-bond acceptors (Lipinski definition) is 10. The number of phenolic OH excluding ortho intramolecular Hbond substituents is 1. The molecule has 0 heterocycles. The molecule has 12 nitrogen and oxygen atoms in total. The van der Waals surface area contributed by atoms with Gasteiger partial charge in [0.2, 0.25) is 0 Å². The number of aryl methyl sites for hydroxylation is 3. The van der Waals surface area contributed by atoms with Crippen LogP contribution in [0.1, 0.15) is 181 Å². The minimum Gasteiger partial charge on any atom is -0.508 e. The van der Waals surface area contributed by atoms with Crippen molar-refractivity contribution in [1.29, 1.82) is 0 Å². The molecule has 0 saturated heterocycles. The number of aliphatic hydroxyl groups excluding tert-OH is 3. The van der Waals surface area contributed by atoms with Crippen molar-refractivity contribution in [2.45, 2.75) is 185 Å². The molecule has 12 rings (SSSR count). The average molecular weight is 989 g/mol. The monoisotopic (exact) mass is 989 g/mol. The first-order valence-electron chi connectivity index (χ1n) is 27.3. The van der Waals surface area contributed by atoms with Crippen LogP contribution in [-0.2, 0) is 38.4 Å². The molecule has 15 atom stereocenters. The fourth-order valence-electron chi connectivity index (χ4n) is 17.3. The number of carboxylic acid groups (broad SMARTS) is 2. The topological polar surface area (TPSA) is 208 Å². The number of aromatic hydroxyl groups is 1. The minimum atomic E-state index is -1.31. The Labute approximate surface area is 423 Å². The van der Waals surface area contributed by atoms with Crippen LogP contribution in [-0.4, -0.2) is 72.8 Å². The van der Waals surface area contributed by atoms with Crippen molar-refractivity contribution in [3.05, 3.63) is 88.0 Å². The van der Waals surface area contributed by atoms with E-state index in [1.165, 1.54) is 52.6 Å². The number of carbonyl (C=O) groups excluding carboxylic acids is 2. The third kappa shape index (κ3) is 9.28. The molecule has 388 valence electrons. The first-order chi connectivity index (χ1) is 34.4. The number of carbonyl (C=O) groups is 4. The SMILES string of the molecule is C[C@]12CCC3c4ccc(O)cc4CCC3C1CC[C@@H]2O.C[C@]12CCC3c4ccc(OC(=O)CC(=O)Oc5ccc6c(c5)CCC5C6CC[C@@]6(C)C5CC[C@@H]6O)cc4CCC3C1CC[C@@H]2O.O=C(O)CC(=O)O. The van der Waals surface area contributed by atoms with Crippen LogP contribution in [0.5, 0.6) is 17.2 Å². The number of aliphatic hydroxyl groups is 3. The Bertz CT molecular complexity index is 2450. The molecule has 3 aromatic rings. The number of carboxylic acids is 2. The molecule has 9 unspecified atom stereocenters. The number of ether oxygens (including phenoxy) is 2. The quantitative estimate of drug-likeness (QED) is 0.0775. The normalized spacial score (nSPS) is 37.2. The molecule has 6 fully saturated rings. The van der Waals surface area contributed by atoms with E-state index in [-0.39, 0.29) is 34.6 Å². The van der Waals surface area contributed by atoms with Gasteiger partial charge >= 0.3 is 23.9 Å². The van der Waals surface area contributed by atoms with E-state index in [4.69, 9.17) is 19.7 Å². The molecule has 0 amide bonds. The van der Waals surface area contributed by atoms with Crippen molar-refractivity contribution in [1.82, 2.24) is 0 Å². The summed E-state index contributed by atoms with van der Waals surface area (Å²) in [6.07, 6.45) is 17.7. The van der Waals surface area contributed by atoms with E-state index in [1.54, 1.807) is 0 Å². The van der Waals surface area contributed by atoms with Crippen LogP contribution in [0.15, 0.2) is 54.6 Å². The van der Waals surface area contributed by atoms with Gasteiger partial charge in [-0.1, -0.05) is 39.0 Å². The molecule has 0 radical (unpaired) electrons. The number of phenols is 1. The Balaban J connectivity index is 0.000000181. The van der Waals surface area contributed by atoms with Crippen molar-refractivity contribution in [2.24, 2.45) is 51.8 Å². The molecule has 9 aliphatic carbocycles. The smallest absolute Gasteiger partial charge is 0.322 e. The van der Waals surface area contributed by atoms with E-state index in [0.717, 1.165) is 102 Å².